The molecule has 4 nitrogen and oxygen atoms in total. The van der Waals surface area contributed by atoms with Gasteiger partial charge in [0.2, 0.25) is 11.7 Å². The van der Waals surface area contributed by atoms with E-state index in [1.54, 1.807) is 6.07 Å². The number of alkyl halides is 3. The van der Waals surface area contributed by atoms with E-state index in [1.807, 2.05) is 11.4 Å². The third-order valence-corrected chi connectivity index (χ3v) is 2.77. The molecule has 0 unspecified atom stereocenters. The summed E-state index contributed by atoms with van der Waals surface area (Å²) in [6, 6.07) is 4.78. The molecule has 18 heavy (non-hydrogen) atoms. The van der Waals surface area contributed by atoms with Crippen LogP contribution in [0.15, 0.2) is 23.6 Å². The van der Waals surface area contributed by atoms with Crippen LogP contribution in [0.4, 0.5) is 19.0 Å². The summed E-state index contributed by atoms with van der Waals surface area (Å²) >= 11 is 1.43. The molecule has 96 valence electrons. The quantitative estimate of drug-likeness (QED) is 0.935. The van der Waals surface area contributed by atoms with E-state index in [9.17, 15) is 13.2 Å². The van der Waals surface area contributed by atoms with Gasteiger partial charge < -0.3 is 10.5 Å². The first-order chi connectivity index (χ1) is 8.45. The number of hydrogen-bond donors (Lipinski definition) is 1. The van der Waals surface area contributed by atoms with Crippen LogP contribution in [0, 0.1) is 0 Å². The third-order valence-electron chi connectivity index (χ3n) is 1.92. The van der Waals surface area contributed by atoms with Crippen molar-refractivity contribution in [1.82, 2.24) is 9.97 Å². The van der Waals surface area contributed by atoms with Gasteiger partial charge in [0, 0.05) is 10.9 Å². The zero-order chi connectivity index (χ0) is 13.2. The predicted octanol–water partition coefficient (Wildman–Crippen LogP) is 2.72. The third kappa shape index (κ3) is 3.10. The number of ether oxygens (including phenoxy) is 1. The van der Waals surface area contributed by atoms with Gasteiger partial charge in [-0.05, 0) is 11.4 Å². The van der Waals surface area contributed by atoms with Gasteiger partial charge in [-0.1, -0.05) is 6.07 Å². The molecule has 2 N–H and O–H groups in total. The molecule has 0 fully saturated rings. The minimum atomic E-state index is -4.64. The van der Waals surface area contributed by atoms with Crippen LogP contribution in [0.1, 0.15) is 10.7 Å². The second-order valence-corrected chi connectivity index (χ2v) is 4.35. The molecule has 0 atom stereocenters. The van der Waals surface area contributed by atoms with Gasteiger partial charge in [0.25, 0.3) is 0 Å². The summed E-state index contributed by atoms with van der Waals surface area (Å²) in [6.07, 6.45) is -4.64. The van der Waals surface area contributed by atoms with Gasteiger partial charge in [-0.3, -0.25) is 0 Å². The first kappa shape index (κ1) is 12.6. The maximum Gasteiger partial charge on any atom is 0.451 e. The Morgan fingerprint density at radius 1 is 1.33 bits per heavy atom. The SMILES string of the molecule is Nc1cc(OCc2cccs2)nc(C(F)(F)F)n1. The van der Waals surface area contributed by atoms with Crippen molar-refractivity contribution in [1.29, 1.82) is 0 Å². The molecule has 0 radical (unpaired) electrons. The molecule has 2 heterocycles. The number of rotatable bonds is 3. The topological polar surface area (TPSA) is 61.0 Å². The molecule has 2 rings (SSSR count). The molecule has 0 bridgehead atoms. The number of halogens is 3. The predicted molar refractivity (Wildman–Crippen MR) is 60.1 cm³/mol. The highest BCUT2D eigenvalue weighted by Gasteiger charge is 2.35. The Labute approximate surface area is 104 Å². The fourth-order valence-corrected chi connectivity index (χ4v) is 1.80. The van der Waals surface area contributed by atoms with E-state index in [0.29, 0.717) is 0 Å². The minimum Gasteiger partial charge on any atom is -0.472 e. The molecule has 2 aromatic heterocycles. The highest BCUT2D eigenvalue weighted by molar-refractivity contribution is 7.09. The summed E-state index contributed by atoms with van der Waals surface area (Å²) in [5.41, 5.74) is 5.28. The minimum absolute atomic E-state index is 0.144. The molecule has 0 aliphatic heterocycles. The Balaban J connectivity index is 2.15. The Bertz CT molecular complexity index is 528. The van der Waals surface area contributed by atoms with Crippen LogP contribution in [0.25, 0.3) is 0 Å². The molecule has 0 amide bonds. The largest absolute Gasteiger partial charge is 0.472 e. The lowest BCUT2D eigenvalue weighted by molar-refractivity contribution is -0.145. The second-order valence-electron chi connectivity index (χ2n) is 3.32. The molecule has 2 aromatic rings. The number of hydrogen-bond acceptors (Lipinski definition) is 5. The Hall–Kier alpha value is -1.83. The van der Waals surface area contributed by atoms with Crippen LogP contribution in [0.5, 0.6) is 5.88 Å². The van der Waals surface area contributed by atoms with Crippen molar-refractivity contribution in [2.24, 2.45) is 0 Å². The number of nitrogen functional groups attached to an aromatic ring is 1. The van der Waals surface area contributed by atoms with Gasteiger partial charge in [0.1, 0.15) is 12.4 Å². The molecule has 0 spiro atoms. The number of aromatic nitrogens is 2. The second kappa shape index (κ2) is 4.81. The zero-order valence-corrected chi connectivity index (χ0v) is 9.76. The van der Waals surface area contributed by atoms with Gasteiger partial charge in [-0.2, -0.15) is 18.2 Å². The van der Waals surface area contributed by atoms with Gasteiger partial charge in [0.05, 0.1) is 0 Å². The lowest BCUT2D eigenvalue weighted by Gasteiger charge is -2.08. The monoisotopic (exact) mass is 275 g/mol. The van der Waals surface area contributed by atoms with E-state index < -0.39 is 12.0 Å². The summed E-state index contributed by atoms with van der Waals surface area (Å²) in [5, 5.41) is 1.84. The van der Waals surface area contributed by atoms with E-state index in [-0.39, 0.29) is 18.3 Å². The van der Waals surface area contributed by atoms with E-state index >= 15 is 0 Å². The average Bonchev–Trinajstić information content (AvgIpc) is 2.77. The van der Waals surface area contributed by atoms with Crippen LogP contribution >= 0.6 is 11.3 Å². The molecule has 0 aliphatic rings. The van der Waals surface area contributed by atoms with Crippen LogP contribution in [0.3, 0.4) is 0 Å². The molecule has 0 aliphatic carbocycles. The van der Waals surface area contributed by atoms with Gasteiger partial charge in [-0.25, -0.2) is 4.98 Å². The molecular weight excluding hydrogens is 267 g/mol. The van der Waals surface area contributed by atoms with Gasteiger partial charge in [0.15, 0.2) is 0 Å². The van der Waals surface area contributed by atoms with E-state index in [0.717, 1.165) is 10.9 Å². The smallest absolute Gasteiger partial charge is 0.451 e. The van der Waals surface area contributed by atoms with Crippen molar-refractivity contribution in [3.63, 3.8) is 0 Å². The van der Waals surface area contributed by atoms with Gasteiger partial charge >= 0.3 is 6.18 Å². The fraction of sp³-hybridized carbons (Fsp3) is 0.200. The molecule has 0 aromatic carbocycles. The normalized spacial score (nSPS) is 11.5. The van der Waals surface area contributed by atoms with Crippen molar-refractivity contribution in [2.75, 3.05) is 5.73 Å². The van der Waals surface area contributed by atoms with E-state index in [2.05, 4.69) is 9.97 Å². The van der Waals surface area contributed by atoms with Crippen LogP contribution in [-0.4, -0.2) is 9.97 Å². The Kier molecular flexibility index (Phi) is 3.37. The number of thiophene rings is 1. The van der Waals surface area contributed by atoms with Gasteiger partial charge in [-0.15, -0.1) is 11.3 Å². The number of anilines is 1. The number of nitrogens with two attached hydrogens (primary N) is 1. The Morgan fingerprint density at radius 2 is 2.11 bits per heavy atom. The van der Waals surface area contributed by atoms with Crippen molar-refractivity contribution in [3.05, 3.63) is 34.3 Å². The highest BCUT2D eigenvalue weighted by Crippen LogP contribution is 2.28. The summed E-state index contributed by atoms with van der Waals surface area (Å²) in [7, 11) is 0. The lowest BCUT2D eigenvalue weighted by Crippen LogP contribution is -2.13. The summed E-state index contributed by atoms with van der Waals surface area (Å²) in [4.78, 5) is 7.26. The van der Waals surface area contributed by atoms with Crippen molar-refractivity contribution < 1.29 is 17.9 Å². The Morgan fingerprint density at radius 3 is 2.72 bits per heavy atom. The average molecular weight is 275 g/mol. The maximum absolute atomic E-state index is 12.4. The zero-order valence-electron chi connectivity index (χ0n) is 8.94. The van der Waals surface area contributed by atoms with E-state index in [1.165, 1.54) is 11.3 Å². The molecular formula is C10H8F3N3OS. The first-order valence-corrected chi connectivity index (χ1v) is 5.70. The lowest BCUT2D eigenvalue weighted by atomic mass is 10.5. The number of nitrogens with zero attached hydrogens (tertiary/aromatic N) is 2. The van der Waals surface area contributed by atoms with Crippen molar-refractivity contribution in [3.8, 4) is 5.88 Å². The molecule has 0 saturated heterocycles. The summed E-state index contributed by atoms with van der Waals surface area (Å²) in [6.45, 7) is 0.144. The van der Waals surface area contributed by atoms with Crippen molar-refractivity contribution >= 4 is 17.2 Å². The molecule has 0 saturated carbocycles. The van der Waals surface area contributed by atoms with Crippen LogP contribution < -0.4 is 10.5 Å². The summed E-state index contributed by atoms with van der Waals surface area (Å²) < 4.78 is 42.4. The molecule has 8 heteroatoms. The first-order valence-electron chi connectivity index (χ1n) is 4.82. The van der Waals surface area contributed by atoms with Crippen LogP contribution in [0.2, 0.25) is 0 Å². The highest BCUT2D eigenvalue weighted by atomic mass is 32.1. The van der Waals surface area contributed by atoms with Crippen molar-refractivity contribution in [2.45, 2.75) is 12.8 Å². The van der Waals surface area contributed by atoms with E-state index in [4.69, 9.17) is 10.5 Å². The maximum atomic E-state index is 12.4. The fourth-order valence-electron chi connectivity index (χ4n) is 1.18. The van der Waals surface area contributed by atoms with Crippen LogP contribution in [-0.2, 0) is 12.8 Å². The standard InChI is InChI=1S/C10H8F3N3OS/c11-10(12,13)9-15-7(14)4-8(16-9)17-5-6-2-1-3-18-6/h1-4H,5H2,(H2,14,15,16). The summed E-state index contributed by atoms with van der Waals surface area (Å²) in [5.74, 6) is -1.77.